The van der Waals surface area contributed by atoms with Crippen LogP contribution in [-0.2, 0) is 135 Å². The third-order valence-electron chi connectivity index (χ3n) is 19.5. The molecule has 0 fully saturated rings. The van der Waals surface area contributed by atoms with E-state index in [0.29, 0.717) is 158 Å². The van der Waals surface area contributed by atoms with Crippen molar-refractivity contribution in [1.29, 1.82) is 0 Å². The summed E-state index contributed by atoms with van der Waals surface area (Å²) in [6.45, 7) is 19.9. The third kappa shape index (κ3) is 29.1. The number of aliphatic hydroxyl groups is 1. The SMILES string of the molecule is CCC1(O)C(=O)OCc2c1cc1n(c2=O)Cc2c-1nc1cc(F)c(C)c3c1c2[C@@H](NC(=O)[C@@H](C)NC(=O)[C@@H](NC(=O)[C@H](CCC(=O)OC(C)(C)C)NC(=O)CCCNC(=O)[C@H](CCCCNC(=O)COCCOCCOCCOCCOCCOCCOCCOCCOCCOC)NC(=O)CCCN1C(=O)C=CC1=O)C(C)C)CC3. The molecule has 3 aromatic rings. The highest BCUT2D eigenvalue weighted by atomic mass is 19.1. The van der Waals surface area contributed by atoms with E-state index in [1.54, 1.807) is 61.6 Å². The number of amides is 9. The number of aryl methyl sites for hydroxylation is 1. The normalized spacial score (nSPS) is 16.4. The number of carbonyl (C=O) groups excluding carboxylic acids is 11. The van der Waals surface area contributed by atoms with Gasteiger partial charge in [-0.15, -0.1) is 0 Å². The molecule has 0 saturated heterocycles. The number of nitrogens with one attached hydrogen (secondary N) is 7. The second-order valence-electron chi connectivity index (χ2n) is 29.7. The zero-order valence-corrected chi connectivity index (χ0v) is 68.2. The summed E-state index contributed by atoms with van der Waals surface area (Å²) >= 11 is 0. The predicted molar refractivity (Wildman–Crippen MR) is 415 cm³/mol. The zero-order valence-electron chi connectivity index (χ0n) is 68.2. The van der Waals surface area contributed by atoms with Gasteiger partial charge >= 0.3 is 11.9 Å². The molecule has 36 heteroatoms. The number of unbranched alkanes of at least 4 members (excludes halogenated alkanes) is 1. The minimum atomic E-state index is -2.11. The van der Waals surface area contributed by atoms with E-state index in [4.69, 9.17) is 61.8 Å². The number of rotatable bonds is 56. The highest BCUT2D eigenvalue weighted by Gasteiger charge is 2.46. The molecule has 0 saturated carbocycles. The van der Waals surface area contributed by atoms with Crippen molar-refractivity contribution in [2.75, 3.05) is 152 Å². The smallest absolute Gasteiger partial charge is 0.343 e. The number of cyclic esters (lactones) is 1. The largest absolute Gasteiger partial charge is 0.460 e. The summed E-state index contributed by atoms with van der Waals surface area (Å²) in [5, 5.41) is 31.5. The van der Waals surface area contributed by atoms with E-state index in [-0.39, 0.29) is 139 Å². The lowest BCUT2D eigenvalue weighted by Gasteiger charge is -2.31. The molecule has 0 bridgehead atoms. The second kappa shape index (κ2) is 48.2. The van der Waals surface area contributed by atoms with Crippen molar-refractivity contribution in [1.82, 2.24) is 51.7 Å². The van der Waals surface area contributed by atoms with Crippen molar-refractivity contribution in [3.05, 3.63) is 73.8 Å². The number of halogens is 1. The van der Waals surface area contributed by atoms with Crippen molar-refractivity contribution >= 4 is 76.0 Å². The molecule has 116 heavy (non-hydrogen) atoms. The first-order valence-corrected chi connectivity index (χ1v) is 39.9. The number of hydrogen-bond donors (Lipinski definition) is 8. The number of fused-ring (bicyclic) bond motifs is 5. The lowest BCUT2D eigenvalue weighted by molar-refractivity contribution is -0.172. The first kappa shape index (κ1) is 94.3. The Bertz CT molecular complexity index is 3930. The van der Waals surface area contributed by atoms with Gasteiger partial charge in [0, 0.05) is 80.7 Å². The Hall–Kier alpha value is -8.82. The summed E-state index contributed by atoms with van der Waals surface area (Å²) < 4.78 is 82.0. The van der Waals surface area contributed by atoms with Crippen LogP contribution in [-0.4, -0.2) is 267 Å². The van der Waals surface area contributed by atoms with Gasteiger partial charge in [-0.3, -0.25) is 57.6 Å². The molecular weight excluding hydrogens is 1520 g/mol. The van der Waals surface area contributed by atoms with Gasteiger partial charge in [0.1, 0.15) is 48.8 Å². The molecular formula is C80H117FN10O25. The Morgan fingerprint density at radius 1 is 0.629 bits per heavy atom. The summed E-state index contributed by atoms with van der Waals surface area (Å²) in [6.07, 6.45) is 2.88. The van der Waals surface area contributed by atoms with Crippen LogP contribution in [0.5, 0.6) is 0 Å². The number of esters is 2. The van der Waals surface area contributed by atoms with E-state index in [1.165, 1.54) is 17.6 Å². The number of pyridine rings is 2. The van der Waals surface area contributed by atoms with Crippen LogP contribution in [0.25, 0.3) is 22.3 Å². The third-order valence-corrected chi connectivity index (χ3v) is 19.5. The Labute approximate surface area is 674 Å². The van der Waals surface area contributed by atoms with Gasteiger partial charge in [0.25, 0.3) is 17.4 Å². The number of ether oxygens (including phenoxy) is 12. The Kier molecular flexibility index (Phi) is 39.2. The lowest BCUT2D eigenvalue weighted by Crippen LogP contribution is -2.58. The van der Waals surface area contributed by atoms with Gasteiger partial charge < -0.3 is 104 Å². The standard InChI is InChI=1S/C80H117FN10O25/c1-10-80(104)56-45-62-72-54(47-91(62)77(102)55(56)48-115-78(80)103)70-58(19-18-53-51(4)57(81)46-61(87-72)69(53)70)88-73(98)52(5)84-76(101)71(50(2)3)89-75(100)60(20-23-68(97)116-79(6,7)8)86-63(92)16-13-25-83-74(99)59(85-64(93)17-14-26-90-66(95)21-22-67(90)96)15-11-12-24-82-65(94)49-114-44-43-113-42-41-112-40-39-111-38-37-110-36-35-109-34-33-108-32-31-107-30-29-106-28-27-105-9/h21-22,45-46,50,52,58-60,71,104H,10-20,23-44,47-49H2,1-9H3,(H,82,94)(H,83,99)(H,84,101)(H,85,93)(H,86,92)(H,88,98)(H,89,100)/t52-,58+,59+,60+,71+,80?/m1/s1. The topological polar surface area (TPSA) is 441 Å². The molecule has 5 heterocycles. The minimum Gasteiger partial charge on any atom is -0.460 e. The lowest BCUT2D eigenvalue weighted by atomic mass is 9.81. The highest BCUT2D eigenvalue weighted by molar-refractivity contribution is 6.13. The molecule has 1 aromatic carbocycles. The van der Waals surface area contributed by atoms with Crippen molar-refractivity contribution in [2.24, 2.45) is 5.92 Å². The van der Waals surface area contributed by atoms with Crippen molar-refractivity contribution in [2.45, 2.75) is 187 Å². The number of aromatic nitrogens is 2. The van der Waals surface area contributed by atoms with E-state index < -0.39 is 118 Å². The summed E-state index contributed by atoms with van der Waals surface area (Å²) in [4.78, 5) is 167. The molecule has 4 aliphatic rings. The molecule has 0 radical (unpaired) electrons. The molecule has 3 aliphatic heterocycles. The highest BCUT2D eigenvalue weighted by Crippen LogP contribution is 2.46. The van der Waals surface area contributed by atoms with Crippen LogP contribution in [0, 0.1) is 18.7 Å². The molecule has 7 rings (SSSR count). The Morgan fingerprint density at radius 2 is 1.17 bits per heavy atom. The van der Waals surface area contributed by atoms with Crippen LogP contribution in [0.4, 0.5) is 4.39 Å². The number of methoxy groups -OCH3 is 1. The summed E-state index contributed by atoms with van der Waals surface area (Å²) in [6, 6.07) is -2.91. The van der Waals surface area contributed by atoms with Gasteiger partial charge in [0.05, 0.1) is 154 Å². The van der Waals surface area contributed by atoms with Crippen LogP contribution >= 0.6 is 0 Å². The molecule has 644 valence electrons. The molecule has 1 unspecified atom stereocenters. The maximum absolute atomic E-state index is 15.7. The number of nitrogens with zero attached hydrogens (tertiary/aromatic N) is 3. The summed E-state index contributed by atoms with van der Waals surface area (Å²) in [5.74, 6) is -8.07. The van der Waals surface area contributed by atoms with Crippen LogP contribution < -0.4 is 42.8 Å². The van der Waals surface area contributed by atoms with Crippen LogP contribution in [0.15, 0.2) is 29.1 Å². The average molecular weight is 1640 g/mol. The summed E-state index contributed by atoms with van der Waals surface area (Å²) in [5.41, 5.74) is -0.251. The molecule has 0 spiro atoms. The first-order valence-electron chi connectivity index (χ1n) is 39.9. The van der Waals surface area contributed by atoms with Gasteiger partial charge in [-0.2, -0.15) is 0 Å². The number of hydrogen-bond acceptors (Lipinski definition) is 26. The van der Waals surface area contributed by atoms with E-state index in [2.05, 4.69) is 37.2 Å². The van der Waals surface area contributed by atoms with Gasteiger partial charge in [-0.1, -0.05) is 20.8 Å². The second-order valence-corrected chi connectivity index (χ2v) is 29.7. The van der Waals surface area contributed by atoms with Crippen molar-refractivity contribution < 1.29 is 119 Å². The van der Waals surface area contributed by atoms with E-state index >= 15 is 4.39 Å². The maximum atomic E-state index is 15.7. The molecule has 9 amide bonds. The first-order chi connectivity index (χ1) is 55.6. The Morgan fingerprint density at radius 3 is 1.72 bits per heavy atom. The fourth-order valence-corrected chi connectivity index (χ4v) is 13.3. The van der Waals surface area contributed by atoms with Crippen molar-refractivity contribution in [3.63, 3.8) is 0 Å². The quantitative estimate of drug-likeness (QED) is 0.0178. The Balaban J connectivity index is 0.829. The number of imide groups is 1. The number of carbonyl (C=O) groups is 11. The molecule has 6 atom stereocenters. The zero-order chi connectivity index (χ0) is 84.3. The fraction of sp³-hybridized carbons (Fsp3) is 0.662. The van der Waals surface area contributed by atoms with Gasteiger partial charge in [0.2, 0.25) is 41.4 Å². The van der Waals surface area contributed by atoms with Crippen LogP contribution in [0.1, 0.15) is 159 Å². The molecule has 2 aromatic heterocycles. The molecule has 1 aliphatic carbocycles. The van der Waals surface area contributed by atoms with Crippen LogP contribution in [0.2, 0.25) is 0 Å². The van der Waals surface area contributed by atoms with Gasteiger partial charge in [-0.05, 0) is 121 Å². The van der Waals surface area contributed by atoms with E-state index in [0.717, 1.165) is 17.1 Å². The molecule has 35 nitrogen and oxygen atoms in total. The van der Waals surface area contributed by atoms with Crippen LogP contribution in [0.3, 0.4) is 0 Å². The van der Waals surface area contributed by atoms with E-state index in [1.807, 2.05) is 0 Å². The predicted octanol–water partition coefficient (Wildman–Crippen LogP) is 2.05. The van der Waals surface area contributed by atoms with Gasteiger partial charge in [-0.25, -0.2) is 14.2 Å². The van der Waals surface area contributed by atoms with Gasteiger partial charge in [0.15, 0.2) is 5.60 Å². The fourth-order valence-electron chi connectivity index (χ4n) is 13.3. The number of benzene rings is 1. The minimum absolute atomic E-state index is 0.0114. The van der Waals surface area contributed by atoms with E-state index in [9.17, 15) is 62.6 Å². The molecule has 8 N–H and O–H groups in total. The summed E-state index contributed by atoms with van der Waals surface area (Å²) in [7, 11) is 1.62. The van der Waals surface area contributed by atoms with Crippen molar-refractivity contribution in [3.8, 4) is 11.4 Å². The monoisotopic (exact) mass is 1640 g/mol. The average Bonchev–Trinajstić information content (AvgIpc) is 1.50. The maximum Gasteiger partial charge on any atom is 0.343 e.